The molecule has 92 valence electrons. The van der Waals surface area contributed by atoms with Gasteiger partial charge in [-0.25, -0.2) is 4.79 Å². The van der Waals surface area contributed by atoms with Gasteiger partial charge in [0.1, 0.15) is 5.69 Å². The molecule has 5 heteroatoms. The van der Waals surface area contributed by atoms with Crippen LogP contribution in [0.5, 0.6) is 0 Å². The van der Waals surface area contributed by atoms with Gasteiger partial charge >= 0.3 is 5.97 Å². The molecule has 0 bridgehead atoms. The number of unbranched alkanes of at least 4 members (excludes halogenated alkanes) is 2. The molecular weight excluding hydrogens is 220 g/mol. The van der Waals surface area contributed by atoms with E-state index in [9.17, 15) is 9.59 Å². The van der Waals surface area contributed by atoms with Crippen molar-refractivity contribution in [1.82, 2.24) is 10.3 Å². The molecule has 0 aliphatic carbocycles. The standard InChI is InChI=1S/C12H16N2O3/c1-2-3-4-7-13-11(15)10-6-5-9(8-14-10)12(16)17/h5-6,8H,2-4,7H2,1H3,(H,13,15)(H,16,17). The SMILES string of the molecule is CCCCCNC(=O)c1ccc(C(=O)O)cn1. The lowest BCUT2D eigenvalue weighted by Gasteiger charge is -2.04. The lowest BCUT2D eigenvalue weighted by molar-refractivity contribution is 0.0695. The lowest BCUT2D eigenvalue weighted by Crippen LogP contribution is -2.25. The summed E-state index contributed by atoms with van der Waals surface area (Å²) in [5.41, 5.74) is 0.319. The Labute approximate surface area is 99.9 Å². The van der Waals surface area contributed by atoms with Crippen molar-refractivity contribution in [2.24, 2.45) is 0 Å². The van der Waals surface area contributed by atoms with Gasteiger partial charge in [-0.2, -0.15) is 0 Å². The van der Waals surface area contributed by atoms with E-state index in [1.54, 1.807) is 0 Å². The highest BCUT2D eigenvalue weighted by Crippen LogP contribution is 2.00. The first-order valence-electron chi connectivity index (χ1n) is 5.62. The third kappa shape index (κ3) is 4.22. The smallest absolute Gasteiger partial charge is 0.337 e. The van der Waals surface area contributed by atoms with E-state index in [0.29, 0.717) is 6.54 Å². The first-order chi connectivity index (χ1) is 8.15. The third-order valence-corrected chi connectivity index (χ3v) is 2.31. The molecule has 0 radical (unpaired) electrons. The highest BCUT2D eigenvalue weighted by Gasteiger charge is 2.08. The van der Waals surface area contributed by atoms with Crippen LogP contribution >= 0.6 is 0 Å². The molecule has 0 saturated heterocycles. The maximum absolute atomic E-state index is 11.6. The molecular formula is C12H16N2O3. The highest BCUT2D eigenvalue weighted by molar-refractivity contribution is 5.93. The van der Waals surface area contributed by atoms with Crippen LogP contribution in [0.15, 0.2) is 18.3 Å². The maximum Gasteiger partial charge on any atom is 0.337 e. The van der Waals surface area contributed by atoms with E-state index >= 15 is 0 Å². The van der Waals surface area contributed by atoms with Crippen LogP contribution in [0.1, 0.15) is 47.0 Å². The number of hydrogen-bond acceptors (Lipinski definition) is 3. The molecule has 0 saturated carbocycles. The van der Waals surface area contributed by atoms with E-state index in [2.05, 4.69) is 17.2 Å². The van der Waals surface area contributed by atoms with E-state index < -0.39 is 5.97 Å². The molecule has 17 heavy (non-hydrogen) atoms. The summed E-state index contributed by atoms with van der Waals surface area (Å²) < 4.78 is 0. The minimum atomic E-state index is -1.05. The Morgan fingerprint density at radius 2 is 2.12 bits per heavy atom. The summed E-state index contributed by atoms with van der Waals surface area (Å²) in [6, 6.07) is 2.79. The van der Waals surface area contributed by atoms with Gasteiger partial charge in [0.15, 0.2) is 0 Å². The summed E-state index contributed by atoms with van der Waals surface area (Å²) in [6.07, 6.45) is 4.30. The van der Waals surface area contributed by atoms with Gasteiger partial charge in [-0.3, -0.25) is 9.78 Å². The largest absolute Gasteiger partial charge is 0.478 e. The second kappa shape index (κ2) is 6.62. The second-order valence-corrected chi connectivity index (χ2v) is 3.70. The first-order valence-corrected chi connectivity index (χ1v) is 5.62. The van der Waals surface area contributed by atoms with E-state index in [4.69, 9.17) is 5.11 Å². The summed E-state index contributed by atoms with van der Waals surface area (Å²) in [5.74, 6) is -1.31. The van der Waals surface area contributed by atoms with Crippen LogP contribution in [0, 0.1) is 0 Å². The molecule has 0 unspecified atom stereocenters. The number of amides is 1. The number of nitrogens with zero attached hydrogens (tertiary/aromatic N) is 1. The van der Waals surface area contributed by atoms with Gasteiger partial charge in [0.05, 0.1) is 5.56 Å². The predicted octanol–water partition coefficient (Wildman–Crippen LogP) is 1.70. The lowest BCUT2D eigenvalue weighted by atomic mass is 10.2. The summed E-state index contributed by atoms with van der Waals surface area (Å²) in [4.78, 5) is 26.0. The van der Waals surface area contributed by atoms with Crippen molar-refractivity contribution in [2.75, 3.05) is 6.54 Å². The van der Waals surface area contributed by atoms with Crippen molar-refractivity contribution in [2.45, 2.75) is 26.2 Å². The Hall–Kier alpha value is -1.91. The number of aromatic nitrogens is 1. The van der Waals surface area contributed by atoms with Gasteiger partial charge in [-0.05, 0) is 18.6 Å². The van der Waals surface area contributed by atoms with Crippen molar-refractivity contribution in [1.29, 1.82) is 0 Å². The molecule has 0 spiro atoms. The summed E-state index contributed by atoms with van der Waals surface area (Å²) in [5, 5.41) is 11.4. The monoisotopic (exact) mass is 236 g/mol. The van der Waals surface area contributed by atoms with Gasteiger partial charge in [0, 0.05) is 12.7 Å². The third-order valence-electron chi connectivity index (χ3n) is 2.31. The number of carboxylic acids is 1. The molecule has 0 aromatic carbocycles. The number of nitrogens with one attached hydrogen (secondary N) is 1. The van der Waals surface area contributed by atoms with Crippen LogP contribution in [0.2, 0.25) is 0 Å². The van der Waals surface area contributed by atoms with Crippen LogP contribution < -0.4 is 5.32 Å². The topological polar surface area (TPSA) is 79.3 Å². The van der Waals surface area contributed by atoms with E-state index in [1.807, 2.05) is 0 Å². The number of aromatic carboxylic acids is 1. The van der Waals surface area contributed by atoms with Gasteiger partial charge in [0.25, 0.3) is 5.91 Å². The minimum absolute atomic E-state index is 0.0764. The Kier molecular flexibility index (Phi) is 5.13. The maximum atomic E-state index is 11.6. The zero-order valence-electron chi connectivity index (χ0n) is 9.77. The Morgan fingerprint density at radius 1 is 1.35 bits per heavy atom. The van der Waals surface area contributed by atoms with Crippen LogP contribution in [-0.4, -0.2) is 28.5 Å². The molecule has 0 atom stereocenters. The second-order valence-electron chi connectivity index (χ2n) is 3.70. The molecule has 0 fully saturated rings. The summed E-state index contributed by atoms with van der Waals surface area (Å²) in [7, 11) is 0. The number of carbonyl (C=O) groups excluding carboxylic acids is 1. The molecule has 1 amide bonds. The van der Waals surface area contributed by atoms with E-state index in [0.717, 1.165) is 19.3 Å². The molecule has 0 aliphatic rings. The van der Waals surface area contributed by atoms with Crippen LogP contribution in [0.3, 0.4) is 0 Å². The molecule has 1 heterocycles. The Bertz CT molecular complexity index is 387. The predicted molar refractivity (Wildman–Crippen MR) is 63.1 cm³/mol. The summed E-state index contributed by atoms with van der Waals surface area (Å²) in [6.45, 7) is 2.71. The molecule has 2 N–H and O–H groups in total. The molecule has 1 aromatic rings. The fourth-order valence-electron chi connectivity index (χ4n) is 1.32. The average Bonchev–Trinajstić information content (AvgIpc) is 2.34. The zero-order valence-corrected chi connectivity index (χ0v) is 9.77. The fraction of sp³-hybridized carbons (Fsp3) is 0.417. The van der Waals surface area contributed by atoms with Gasteiger partial charge in [0.2, 0.25) is 0 Å². The number of rotatable bonds is 6. The number of pyridine rings is 1. The first kappa shape index (κ1) is 13.2. The van der Waals surface area contributed by atoms with Crippen molar-refractivity contribution in [3.63, 3.8) is 0 Å². The van der Waals surface area contributed by atoms with Gasteiger partial charge in [-0.15, -0.1) is 0 Å². The minimum Gasteiger partial charge on any atom is -0.478 e. The number of carbonyl (C=O) groups is 2. The number of hydrogen-bond donors (Lipinski definition) is 2. The zero-order chi connectivity index (χ0) is 12.7. The summed E-state index contributed by atoms with van der Waals surface area (Å²) >= 11 is 0. The highest BCUT2D eigenvalue weighted by atomic mass is 16.4. The quantitative estimate of drug-likeness (QED) is 0.737. The molecule has 0 aliphatic heterocycles. The van der Waals surface area contributed by atoms with Crippen molar-refractivity contribution in [3.8, 4) is 0 Å². The van der Waals surface area contributed by atoms with Crippen molar-refractivity contribution >= 4 is 11.9 Å². The average molecular weight is 236 g/mol. The fourth-order valence-corrected chi connectivity index (χ4v) is 1.32. The van der Waals surface area contributed by atoms with Crippen molar-refractivity contribution in [3.05, 3.63) is 29.6 Å². The molecule has 5 nitrogen and oxygen atoms in total. The van der Waals surface area contributed by atoms with Crippen LogP contribution in [0.25, 0.3) is 0 Å². The normalized spacial score (nSPS) is 9.94. The van der Waals surface area contributed by atoms with Crippen LogP contribution in [-0.2, 0) is 0 Å². The van der Waals surface area contributed by atoms with E-state index in [1.165, 1.54) is 18.3 Å². The Balaban J connectivity index is 2.49. The molecule has 1 rings (SSSR count). The van der Waals surface area contributed by atoms with E-state index in [-0.39, 0.29) is 17.2 Å². The Morgan fingerprint density at radius 3 is 2.65 bits per heavy atom. The number of carboxylic acid groups (broad SMARTS) is 1. The van der Waals surface area contributed by atoms with Crippen molar-refractivity contribution < 1.29 is 14.7 Å². The van der Waals surface area contributed by atoms with Gasteiger partial charge in [-0.1, -0.05) is 19.8 Å². The van der Waals surface area contributed by atoms with Crippen LogP contribution in [0.4, 0.5) is 0 Å². The molecule has 1 aromatic heterocycles. The van der Waals surface area contributed by atoms with Gasteiger partial charge < -0.3 is 10.4 Å².